The highest BCUT2D eigenvalue weighted by atomic mass is 16.5. The molecule has 4 unspecified atom stereocenters. The average molecular weight is 231 g/mol. The molecule has 3 N–H and O–H groups in total. The van der Waals surface area contributed by atoms with E-state index < -0.39 is 0 Å². The highest BCUT2D eigenvalue weighted by Gasteiger charge is 2.52. The molecule has 1 aromatic rings. The summed E-state index contributed by atoms with van der Waals surface area (Å²) in [5.74, 6) is 0.930. The first-order valence-corrected chi connectivity index (χ1v) is 5.67. The number of nitriles is 1. The van der Waals surface area contributed by atoms with Crippen LogP contribution >= 0.6 is 0 Å². The van der Waals surface area contributed by atoms with Gasteiger partial charge in [0.2, 0.25) is 0 Å². The van der Waals surface area contributed by atoms with E-state index in [2.05, 4.69) is 21.6 Å². The van der Waals surface area contributed by atoms with Gasteiger partial charge in [-0.3, -0.25) is 0 Å². The van der Waals surface area contributed by atoms with Crippen molar-refractivity contribution in [3.8, 4) is 6.07 Å². The quantitative estimate of drug-likeness (QED) is 0.736. The summed E-state index contributed by atoms with van der Waals surface area (Å²) in [5, 5.41) is 19.8. The van der Waals surface area contributed by atoms with Crippen LogP contribution in [0.15, 0.2) is 12.3 Å². The lowest BCUT2D eigenvalue weighted by Crippen LogP contribution is -2.65. The molecular weight excluding hydrogens is 218 g/mol. The second-order valence-electron chi connectivity index (χ2n) is 4.44. The third kappa shape index (κ3) is 1.55. The van der Waals surface area contributed by atoms with Gasteiger partial charge >= 0.3 is 0 Å². The fraction of sp³-hybridized carbons (Fsp3) is 0.545. The number of hydrogen-bond donors (Lipinski definition) is 2. The number of nitrogens with two attached hydrogens (primary N) is 1. The van der Waals surface area contributed by atoms with Gasteiger partial charge < -0.3 is 15.8 Å². The van der Waals surface area contributed by atoms with Crippen molar-refractivity contribution in [2.24, 2.45) is 11.7 Å². The van der Waals surface area contributed by atoms with Crippen molar-refractivity contribution < 1.29 is 4.74 Å². The monoisotopic (exact) mass is 231 g/mol. The van der Waals surface area contributed by atoms with Crippen LogP contribution in [0.5, 0.6) is 0 Å². The topological polar surface area (TPSA) is 96.9 Å². The Labute approximate surface area is 98.8 Å². The van der Waals surface area contributed by atoms with Crippen molar-refractivity contribution in [1.29, 1.82) is 5.26 Å². The lowest BCUT2D eigenvalue weighted by atomic mass is 9.72. The van der Waals surface area contributed by atoms with Crippen LogP contribution in [0.25, 0.3) is 0 Å². The molecule has 1 saturated carbocycles. The van der Waals surface area contributed by atoms with E-state index in [4.69, 9.17) is 15.7 Å². The molecule has 0 spiro atoms. The lowest BCUT2D eigenvalue weighted by molar-refractivity contribution is 0.00520. The standard InChI is InChI=1S/C11H13N5O/c12-5-6-1-3-14-16-11(6)15-9-8(13)7-2-4-17-10(7)9/h1,3,7-10H,2,4,13H2,(H,15,16). The van der Waals surface area contributed by atoms with Gasteiger partial charge in [-0.1, -0.05) is 0 Å². The second-order valence-corrected chi connectivity index (χ2v) is 4.44. The minimum absolute atomic E-state index is 0.0336. The molecule has 0 amide bonds. The summed E-state index contributed by atoms with van der Waals surface area (Å²) in [4.78, 5) is 0. The van der Waals surface area contributed by atoms with Gasteiger partial charge in [0.1, 0.15) is 6.07 Å². The molecule has 1 aliphatic heterocycles. The van der Waals surface area contributed by atoms with E-state index in [0.717, 1.165) is 13.0 Å². The normalized spacial score (nSPS) is 34.6. The summed E-state index contributed by atoms with van der Waals surface area (Å²) in [6.07, 6.45) is 2.67. The van der Waals surface area contributed by atoms with E-state index in [0.29, 0.717) is 17.3 Å². The predicted octanol–water partition coefficient (Wildman–Crippen LogP) is -0.125. The minimum Gasteiger partial charge on any atom is -0.376 e. The Bertz CT molecular complexity index is 471. The van der Waals surface area contributed by atoms with Gasteiger partial charge in [0.25, 0.3) is 0 Å². The largest absolute Gasteiger partial charge is 0.376 e. The van der Waals surface area contributed by atoms with Crippen molar-refractivity contribution >= 4 is 5.82 Å². The van der Waals surface area contributed by atoms with Crippen LogP contribution in [0.4, 0.5) is 5.82 Å². The molecule has 0 aromatic carbocycles. The molecule has 6 nitrogen and oxygen atoms in total. The summed E-state index contributed by atoms with van der Waals surface area (Å²) >= 11 is 0. The maximum absolute atomic E-state index is 8.96. The van der Waals surface area contributed by atoms with E-state index in [-0.39, 0.29) is 18.2 Å². The zero-order chi connectivity index (χ0) is 11.8. The summed E-state index contributed by atoms with van der Waals surface area (Å²) in [5.41, 5.74) is 6.55. The molecule has 1 saturated heterocycles. The molecular formula is C11H13N5O. The predicted molar refractivity (Wildman–Crippen MR) is 60.0 cm³/mol. The van der Waals surface area contributed by atoms with E-state index in [1.165, 1.54) is 6.20 Å². The summed E-state index contributed by atoms with van der Waals surface area (Å²) in [7, 11) is 0. The SMILES string of the molecule is N#Cc1ccnnc1NC1C(N)C2CCOC21. The molecule has 2 heterocycles. The maximum atomic E-state index is 8.96. The Balaban J connectivity index is 1.77. The molecule has 0 radical (unpaired) electrons. The van der Waals surface area contributed by atoms with Crippen molar-refractivity contribution in [3.05, 3.63) is 17.8 Å². The fourth-order valence-electron chi connectivity index (χ4n) is 2.61. The van der Waals surface area contributed by atoms with Crippen molar-refractivity contribution in [2.45, 2.75) is 24.6 Å². The van der Waals surface area contributed by atoms with Gasteiger partial charge in [-0.15, -0.1) is 5.10 Å². The number of ether oxygens (including phenoxy) is 1. The third-order valence-electron chi connectivity index (χ3n) is 3.59. The number of anilines is 1. The molecule has 1 aliphatic carbocycles. The van der Waals surface area contributed by atoms with Crippen molar-refractivity contribution in [3.63, 3.8) is 0 Å². The van der Waals surface area contributed by atoms with E-state index >= 15 is 0 Å². The molecule has 1 aromatic heterocycles. The molecule has 4 atom stereocenters. The van der Waals surface area contributed by atoms with Gasteiger partial charge in [-0.25, -0.2) is 0 Å². The number of nitrogens with zero attached hydrogens (tertiary/aromatic N) is 3. The van der Waals surface area contributed by atoms with Gasteiger partial charge in [0.05, 0.1) is 23.9 Å². The molecule has 6 heteroatoms. The highest BCUT2D eigenvalue weighted by molar-refractivity contribution is 5.51. The summed E-state index contributed by atoms with van der Waals surface area (Å²) in [6, 6.07) is 3.81. The smallest absolute Gasteiger partial charge is 0.166 e. The number of rotatable bonds is 2. The summed E-state index contributed by atoms with van der Waals surface area (Å²) in [6.45, 7) is 0.771. The second kappa shape index (κ2) is 3.95. The molecule has 0 bridgehead atoms. The highest BCUT2D eigenvalue weighted by Crippen LogP contribution is 2.39. The Morgan fingerprint density at radius 1 is 1.59 bits per heavy atom. The number of aromatic nitrogens is 2. The van der Waals surface area contributed by atoms with E-state index in [1.54, 1.807) is 6.07 Å². The van der Waals surface area contributed by atoms with E-state index in [9.17, 15) is 0 Å². The van der Waals surface area contributed by atoms with Crippen molar-refractivity contribution in [2.75, 3.05) is 11.9 Å². The van der Waals surface area contributed by atoms with Crippen LogP contribution in [0.1, 0.15) is 12.0 Å². The van der Waals surface area contributed by atoms with Crippen LogP contribution in [0, 0.1) is 17.2 Å². The van der Waals surface area contributed by atoms with Crippen LogP contribution < -0.4 is 11.1 Å². The van der Waals surface area contributed by atoms with Gasteiger partial charge in [0.15, 0.2) is 5.82 Å². The average Bonchev–Trinajstić information content (AvgIpc) is 2.81. The first kappa shape index (κ1) is 10.4. The van der Waals surface area contributed by atoms with Crippen LogP contribution in [0.3, 0.4) is 0 Å². The van der Waals surface area contributed by atoms with Crippen LogP contribution in [-0.4, -0.2) is 35.0 Å². The number of nitrogens with one attached hydrogen (secondary N) is 1. The Morgan fingerprint density at radius 2 is 2.47 bits per heavy atom. The molecule has 2 fully saturated rings. The Morgan fingerprint density at radius 3 is 3.29 bits per heavy atom. The fourth-order valence-corrected chi connectivity index (χ4v) is 2.61. The zero-order valence-corrected chi connectivity index (χ0v) is 9.21. The van der Waals surface area contributed by atoms with Crippen LogP contribution in [-0.2, 0) is 4.74 Å². The molecule has 17 heavy (non-hydrogen) atoms. The Kier molecular flexibility index (Phi) is 2.42. The number of fused-ring (bicyclic) bond motifs is 1. The lowest BCUT2D eigenvalue weighted by Gasteiger charge is -2.45. The molecule has 2 aliphatic rings. The molecule has 88 valence electrons. The minimum atomic E-state index is 0.0336. The van der Waals surface area contributed by atoms with Gasteiger partial charge in [0, 0.05) is 18.6 Å². The third-order valence-corrected chi connectivity index (χ3v) is 3.59. The van der Waals surface area contributed by atoms with E-state index in [1.807, 2.05) is 0 Å². The first-order chi connectivity index (χ1) is 8.31. The Hall–Kier alpha value is -1.71. The van der Waals surface area contributed by atoms with Gasteiger partial charge in [-0.05, 0) is 12.5 Å². The first-order valence-electron chi connectivity index (χ1n) is 5.67. The zero-order valence-electron chi connectivity index (χ0n) is 9.21. The summed E-state index contributed by atoms with van der Waals surface area (Å²) < 4.78 is 5.61. The number of hydrogen-bond acceptors (Lipinski definition) is 6. The van der Waals surface area contributed by atoms with Crippen LogP contribution in [0.2, 0.25) is 0 Å². The van der Waals surface area contributed by atoms with Crippen molar-refractivity contribution in [1.82, 2.24) is 10.2 Å². The molecule has 3 rings (SSSR count). The van der Waals surface area contributed by atoms with Gasteiger partial charge in [-0.2, -0.15) is 10.4 Å². The maximum Gasteiger partial charge on any atom is 0.166 e.